The molecule has 1 amide bonds. The summed E-state index contributed by atoms with van der Waals surface area (Å²) >= 11 is 0. The van der Waals surface area contributed by atoms with Crippen molar-refractivity contribution in [3.63, 3.8) is 0 Å². The van der Waals surface area contributed by atoms with Crippen LogP contribution in [0.25, 0.3) is 10.9 Å². The maximum Gasteiger partial charge on any atom is 0.255 e. The van der Waals surface area contributed by atoms with Gasteiger partial charge in [-0.1, -0.05) is 32.0 Å². The van der Waals surface area contributed by atoms with Crippen molar-refractivity contribution < 1.29 is 14.3 Å². The fraction of sp³-hybridized carbons (Fsp3) is 0.360. The maximum absolute atomic E-state index is 13.1. The van der Waals surface area contributed by atoms with Crippen molar-refractivity contribution in [1.29, 1.82) is 0 Å². The van der Waals surface area contributed by atoms with Crippen molar-refractivity contribution in [2.24, 2.45) is 5.92 Å². The lowest BCUT2D eigenvalue weighted by Gasteiger charge is -2.25. The van der Waals surface area contributed by atoms with Crippen LogP contribution >= 0.6 is 0 Å². The minimum absolute atomic E-state index is 0.143. The number of amides is 1. The second-order valence-corrected chi connectivity index (χ2v) is 8.38. The average Bonchev–Trinajstić information content (AvgIpc) is 2.75. The molecule has 0 aliphatic carbocycles. The number of nitrogens with two attached hydrogens (primary N) is 1. The number of nitrogens with zero attached hydrogens (tertiary/aromatic N) is 1. The zero-order chi connectivity index (χ0) is 22.0. The van der Waals surface area contributed by atoms with Crippen LogP contribution in [-0.4, -0.2) is 30.1 Å². The second-order valence-electron chi connectivity index (χ2n) is 8.38. The lowest BCUT2D eigenvalue weighted by Crippen LogP contribution is -2.43. The summed E-state index contributed by atoms with van der Waals surface area (Å²) in [7, 11) is 0. The van der Waals surface area contributed by atoms with E-state index in [-0.39, 0.29) is 17.9 Å². The standard InChI is InChI=1S/C25H29N3O3/c1-15(2)21(28-25(29)18-9-4-7-17-8-6-12-30-24(17)18)14-31-22-11-5-10-20-23(22)19(26)13-16(3)27-20/h4-5,7,9-11,13,15,21H,6,8,12,14H2,1-3H3,(H2,26,27)(H,28,29). The third kappa shape index (κ3) is 4.43. The van der Waals surface area contributed by atoms with Gasteiger partial charge in [0.1, 0.15) is 18.1 Å². The summed E-state index contributed by atoms with van der Waals surface area (Å²) in [6.45, 7) is 7.01. The number of hydrogen-bond acceptors (Lipinski definition) is 5. The first kappa shape index (κ1) is 21.0. The molecule has 1 aliphatic rings. The van der Waals surface area contributed by atoms with Gasteiger partial charge in [0.05, 0.1) is 29.1 Å². The quantitative estimate of drug-likeness (QED) is 0.623. The van der Waals surface area contributed by atoms with Crippen molar-refractivity contribution in [3.05, 3.63) is 59.3 Å². The molecule has 0 spiro atoms. The van der Waals surface area contributed by atoms with E-state index in [4.69, 9.17) is 15.2 Å². The predicted molar refractivity (Wildman–Crippen MR) is 123 cm³/mol. The highest BCUT2D eigenvalue weighted by Gasteiger charge is 2.23. The monoisotopic (exact) mass is 419 g/mol. The number of fused-ring (bicyclic) bond motifs is 2. The number of benzene rings is 2. The molecule has 1 atom stereocenters. The van der Waals surface area contributed by atoms with Gasteiger partial charge in [-0.25, -0.2) is 0 Å². The first-order valence-corrected chi connectivity index (χ1v) is 10.8. The van der Waals surface area contributed by atoms with Crippen LogP contribution in [0.2, 0.25) is 0 Å². The zero-order valence-corrected chi connectivity index (χ0v) is 18.3. The molecule has 1 aromatic heterocycles. The Morgan fingerprint density at radius 2 is 2.06 bits per heavy atom. The molecular formula is C25H29N3O3. The van der Waals surface area contributed by atoms with E-state index in [1.165, 1.54) is 0 Å². The number of aryl methyl sites for hydroxylation is 2. The van der Waals surface area contributed by atoms with E-state index in [0.29, 0.717) is 36.0 Å². The summed E-state index contributed by atoms with van der Waals surface area (Å²) in [5.74, 6) is 1.41. The molecule has 6 nitrogen and oxygen atoms in total. The van der Waals surface area contributed by atoms with Crippen LogP contribution in [0.1, 0.15) is 41.9 Å². The molecule has 31 heavy (non-hydrogen) atoms. The van der Waals surface area contributed by atoms with Gasteiger partial charge < -0.3 is 20.5 Å². The Labute approximate surface area is 182 Å². The summed E-state index contributed by atoms with van der Waals surface area (Å²) in [6, 6.07) is 13.1. The van der Waals surface area contributed by atoms with Gasteiger partial charge in [0.25, 0.3) is 5.91 Å². The van der Waals surface area contributed by atoms with Crippen LogP contribution < -0.4 is 20.5 Å². The molecule has 0 fully saturated rings. The van der Waals surface area contributed by atoms with Crippen LogP contribution in [0.4, 0.5) is 5.69 Å². The van der Waals surface area contributed by atoms with Crippen molar-refractivity contribution >= 4 is 22.5 Å². The normalized spacial score (nSPS) is 14.1. The van der Waals surface area contributed by atoms with Crippen molar-refractivity contribution in [3.8, 4) is 11.5 Å². The lowest BCUT2D eigenvalue weighted by molar-refractivity contribution is 0.0899. The lowest BCUT2D eigenvalue weighted by atomic mass is 10.0. The van der Waals surface area contributed by atoms with E-state index >= 15 is 0 Å². The SMILES string of the molecule is Cc1cc(N)c2c(OCC(NC(=O)c3cccc4c3OCCC4)C(C)C)cccc2n1. The van der Waals surface area contributed by atoms with E-state index in [2.05, 4.69) is 24.1 Å². The molecule has 0 saturated heterocycles. The second kappa shape index (κ2) is 8.84. The number of pyridine rings is 1. The highest BCUT2D eigenvalue weighted by atomic mass is 16.5. The number of nitrogen functional groups attached to an aromatic ring is 1. The maximum atomic E-state index is 13.1. The molecule has 1 aliphatic heterocycles. The number of hydrogen-bond donors (Lipinski definition) is 2. The van der Waals surface area contributed by atoms with E-state index in [1.807, 2.05) is 49.4 Å². The Balaban J connectivity index is 1.52. The van der Waals surface area contributed by atoms with Gasteiger partial charge in [0.15, 0.2) is 0 Å². The van der Waals surface area contributed by atoms with E-state index in [1.54, 1.807) is 0 Å². The average molecular weight is 420 g/mol. The Morgan fingerprint density at radius 1 is 1.26 bits per heavy atom. The number of ether oxygens (including phenoxy) is 2. The van der Waals surface area contributed by atoms with Crippen LogP contribution in [0, 0.1) is 12.8 Å². The molecule has 2 aromatic carbocycles. The van der Waals surface area contributed by atoms with E-state index in [9.17, 15) is 4.79 Å². The number of nitrogens with one attached hydrogen (secondary N) is 1. The minimum atomic E-state index is -0.179. The van der Waals surface area contributed by atoms with Crippen molar-refractivity contribution in [2.45, 2.75) is 39.7 Å². The minimum Gasteiger partial charge on any atom is -0.492 e. The van der Waals surface area contributed by atoms with Crippen molar-refractivity contribution in [2.75, 3.05) is 18.9 Å². The summed E-state index contributed by atoms with van der Waals surface area (Å²) in [5.41, 5.74) is 10.2. The zero-order valence-electron chi connectivity index (χ0n) is 18.3. The van der Waals surface area contributed by atoms with Gasteiger partial charge in [-0.15, -0.1) is 0 Å². The van der Waals surface area contributed by atoms with E-state index < -0.39 is 0 Å². The number of carbonyl (C=O) groups excluding carboxylic acids is 1. The third-order valence-corrected chi connectivity index (χ3v) is 5.67. The molecule has 162 valence electrons. The largest absolute Gasteiger partial charge is 0.492 e. The number of rotatable bonds is 6. The molecule has 0 saturated carbocycles. The topological polar surface area (TPSA) is 86.5 Å². The van der Waals surface area contributed by atoms with Crippen LogP contribution in [-0.2, 0) is 6.42 Å². The van der Waals surface area contributed by atoms with Crippen LogP contribution in [0.5, 0.6) is 11.5 Å². The number of aromatic nitrogens is 1. The van der Waals surface area contributed by atoms with Gasteiger partial charge in [0, 0.05) is 11.4 Å². The van der Waals surface area contributed by atoms with Crippen molar-refractivity contribution in [1.82, 2.24) is 10.3 Å². The summed E-state index contributed by atoms with van der Waals surface area (Å²) < 4.78 is 12.0. The Hall–Kier alpha value is -3.28. The van der Waals surface area contributed by atoms with Crippen LogP contribution in [0.3, 0.4) is 0 Å². The highest BCUT2D eigenvalue weighted by Crippen LogP contribution is 2.31. The van der Waals surface area contributed by atoms with Gasteiger partial charge in [0.2, 0.25) is 0 Å². The summed E-state index contributed by atoms with van der Waals surface area (Å²) in [4.78, 5) is 17.6. The summed E-state index contributed by atoms with van der Waals surface area (Å²) in [5, 5.41) is 3.93. The number of carbonyl (C=O) groups is 1. The highest BCUT2D eigenvalue weighted by molar-refractivity contribution is 5.98. The van der Waals surface area contributed by atoms with Crippen LogP contribution in [0.15, 0.2) is 42.5 Å². The molecule has 6 heteroatoms. The van der Waals surface area contributed by atoms with Gasteiger partial charge in [-0.2, -0.15) is 0 Å². The molecule has 3 aromatic rings. The molecule has 1 unspecified atom stereocenters. The Morgan fingerprint density at radius 3 is 2.87 bits per heavy atom. The van der Waals surface area contributed by atoms with Gasteiger partial charge in [-0.3, -0.25) is 9.78 Å². The first-order chi connectivity index (χ1) is 14.9. The van der Waals surface area contributed by atoms with E-state index in [0.717, 1.165) is 35.0 Å². The number of anilines is 1. The molecule has 0 bridgehead atoms. The third-order valence-electron chi connectivity index (χ3n) is 5.67. The Bertz CT molecular complexity index is 1110. The fourth-order valence-electron chi connectivity index (χ4n) is 3.94. The fourth-order valence-corrected chi connectivity index (χ4v) is 3.94. The molecule has 4 rings (SSSR count). The molecule has 3 N–H and O–H groups in total. The first-order valence-electron chi connectivity index (χ1n) is 10.8. The molecule has 0 radical (unpaired) electrons. The summed E-state index contributed by atoms with van der Waals surface area (Å²) in [6.07, 6.45) is 1.91. The van der Waals surface area contributed by atoms with Gasteiger partial charge in [-0.05, 0) is 55.5 Å². The predicted octanol–water partition coefficient (Wildman–Crippen LogP) is 4.28. The molecule has 2 heterocycles. The Kier molecular flexibility index (Phi) is 5.98. The number of para-hydroxylation sites is 1. The molecular weight excluding hydrogens is 390 g/mol. The smallest absolute Gasteiger partial charge is 0.255 e. The van der Waals surface area contributed by atoms with Gasteiger partial charge >= 0.3 is 0 Å².